The summed E-state index contributed by atoms with van der Waals surface area (Å²) in [5, 5.41) is 2.86. The molecule has 34 heavy (non-hydrogen) atoms. The van der Waals surface area contributed by atoms with Crippen molar-refractivity contribution in [2.24, 2.45) is 5.92 Å². The Balaban J connectivity index is 1.35. The summed E-state index contributed by atoms with van der Waals surface area (Å²) in [4.78, 5) is 27.3. The Hall–Kier alpha value is -2.83. The molecule has 1 aromatic carbocycles. The number of anilines is 1. The number of nitrogens with one attached hydrogen (secondary N) is 1. The van der Waals surface area contributed by atoms with Crippen LogP contribution < -0.4 is 15.0 Å². The number of sulfonamides is 1. The highest BCUT2D eigenvalue weighted by Gasteiger charge is 2.29. The first-order valence-corrected chi connectivity index (χ1v) is 13.8. The average Bonchev–Trinajstić information content (AvgIpc) is 3.48. The first kappa shape index (κ1) is 22.9. The summed E-state index contributed by atoms with van der Waals surface area (Å²) < 4.78 is 32.2. The normalized spacial score (nSPS) is 20.5. The fraction of sp³-hybridized carbons (Fsp3) is 0.455. The number of hydrogen-bond acceptors (Lipinski definition) is 9. The van der Waals surface area contributed by atoms with Crippen LogP contribution in [0.25, 0.3) is 21.5 Å². The number of amides is 1. The van der Waals surface area contributed by atoms with Gasteiger partial charge in [-0.15, -0.1) is 11.3 Å². The Labute approximate surface area is 202 Å². The molecule has 2 aromatic heterocycles. The first-order chi connectivity index (χ1) is 16.3. The zero-order chi connectivity index (χ0) is 23.9. The first-order valence-electron chi connectivity index (χ1n) is 11.1. The van der Waals surface area contributed by atoms with Crippen LogP contribution in [0.4, 0.5) is 5.82 Å². The Morgan fingerprint density at radius 3 is 2.59 bits per heavy atom. The second-order valence-corrected chi connectivity index (χ2v) is 11.5. The summed E-state index contributed by atoms with van der Waals surface area (Å²) in [5.74, 6) is 1.63. The molecule has 2 atom stereocenters. The summed E-state index contributed by atoms with van der Waals surface area (Å²) in [6.07, 6.45) is 5.02. The van der Waals surface area contributed by atoms with Gasteiger partial charge in [-0.1, -0.05) is 0 Å². The molecule has 2 fully saturated rings. The van der Waals surface area contributed by atoms with Gasteiger partial charge in [0.1, 0.15) is 17.7 Å². The highest BCUT2D eigenvalue weighted by Crippen LogP contribution is 2.35. The number of hydrogen-bond donors (Lipinski definition) is 1. The molecule has 0 spiro atoms. The topological polar surface area (TPSA) is 118 Å². The average molecular weight is 503 g/mol. The largest absolute Gasteiger partial charge is 0.489 e. The third kappa shape index (κ3) is 4.70. The van der Waals surface area contributed by atoms with Gasteiger partial charge in [-0.05, 0) is 19.1 Å². The fourth-order valence-corrected chi connectivity index (χ4v) is 5.87. The number of nitrogens with zero attached hydrogens (tertiary/aromatic N) is 5. The third-order valence-corrected chi connectivity index (χ3v) is 8.51. The number of piperazine rings is 1. The summed E-state index contributed by atoms with van der Waals surface area (Å²) >= 11 is 1.52. The molecule has 4 heterocycles. The predicted octanol–water partition coefficient (Wildman–Crippen LogP) is 1.74. The molecule has 2 saturated heterocycles. The van der Waals surface area contributed by atoms with Crippen LogP contribution in [0.2, 0.25) is 0 Å². The fourth-order valence-electron chi connectivity index (χ4n) is 4.31. The van der Waals surface area contributed by atoms with E-state index in [2.05, 4.69) is 20.3 Å². The van der Waals surface area contributed by atoms with E-state index in [0.29, 0.717) is 44.8 Å². The second-order valence-electron chi connectivity index (χ2n) is 8.68. The van der Waals surface area contributed by atoms with Crippen LogP contribution in [-0.2, 0) is 14.8 Å². The van der Waals surface area contributed by atoms with Crippen molar-refractivity contribution in [3.05, 3.63) is 30.0 Å². The van der Waals surface area contributed by atoms with E-state index in [0.717, 1.165) is 27.3 Å². The lowest BCUT2D eigenvalue weighted by molar-refractivity contribution is -0.119. The van der Waals surface area contributed by atoms with E-state index < -0.39 is 10.0 Å². The molecule has 2 aliphatic rings. The van der Waals surface area contributed by atoms with Crippen molar-refractivity contribution in [1.29, 1.82) is 0 Å². The molecule has 2 aliphatic heterocycles. The molecular weight excluding hydrogens is 476 g/mol. The Morgan fingerprint density at radius 2 is 1.94 bits per heavy atom. The minimum Gasteiger partial charge on any atom is -0.489 e. The predicted molar refractivity (Wildman–Crippen MR) is 130 cm³/mol. The summed E-state index contributed by atoms with van der Waals surface area (Å²) in [6, 6.07) is 3.92. The lowest BCUT2D eigenvalue weighted by atomic mass is 10.0. The summed E-state index contributed by atoms with van der Waals surface area (Å²) in [7, 11) is -3.18. The van der Waals surface area contributed by atoms with Crippen LogP contribution in [0.3, 0.4) is 0 Å². The number of rotatable bonds is 6. The van der Waals surface area contributed by atoms with Crippen LogP contribution in [0.1, 0.15) is 13.3 Å². The maximum atomic E-state index is 11.7. The number of fused-ring (bicyclic) bond motifs is 1. The zero-order valence-corrected chi connectivity index (χ0v) is 20.6. The van der Waals surface area contributed by atoms with Crippen molar-refractivity contribution >= 4 is 43.3 Å². The molecule has 12 heteroatoms. The lowest BCUT2D eigenvalue weighted by Gasteiger charge is -2.33. The van der Waals surface area contributed by atoms with Crippen LogP contribution in [-0.4, -0.2) is 78.7 Å². The Kier molecular flexibility index (Phi) is 6.13. The van der Waals surface area contributed by atoms with E-state index in [1.807, 2.05) is 24.0 Å². The molecular formula is C22H26N6O4S2. The van der Waals surface area contributed by atoms with Crippen molar-refractivity contribution in [3.8, 4) is 17.0 Å². The number of carbonyl (C=O) groups is 1. The van der Waals surface area contributed by atoms with E-state index in [1.165, 1.54) is 21.9 Å². The van der Waals surface area contributed by atoms with Gasteiger partial charge in [0, 0.05) is 50.6 Å². The van der Waals surface area contributed by atoms with Crippen molar-refractivity contribution in [1.82, 2.24) is 24.6 Å². The highest BCUT2D eigenvalue weighted by atomic mass is 32.2. The molecule has 0 bridgehead atoms. The van der Waals surface area contributed by atoms with E-state index in [-0.39, 0.29) is 17.9 Å². The number of carbonyl (C=O) groups excluding carboxylic acids is 1. The third-order valence-electron chi connectivity index (χ3n) is 6.35. The standard InChI is InChI=1S/C22H26N6O4S2/c1-14(16-9-21(29)25-10-16)32-19-8-15(7-17-22(19)33-13-26-17)18-11-24-20(12-23-18)27-3-5-28(6-4-27)34(2,30)31/h7-8,11-14,16H,3-6,9-10H2,1-2H3,(H,25,29). The lowest BCUT2D eigenvalue weighted by Crippen LogP contribution is -2.48. The van der Waals surface area contributed by atoms with E-state index >= 15 is 0 Å². The van der Waals surface area contributed by atoms with Gasteiger partial charge in [-0.25, -0.2) is 18.4 Å². The van der Waals surface area contributed by atoms with Gasteiger partial charge in [-0.2, -0.15) is 4.31 Å². The number of ether oxygens (including phenoxy) is 1. The van der Waals surface area contributed by atoms with Gasteiger partial charge in [0.15, 0.2) is 0 Å². The molecule has 0 radical (unpaired) electrons. The van der Waals surface area contributed by atoms with Crippen LogP contribution >= 0.6 is 11.3 Å². The minimum absolute atomic E-state index is 0.0604. The van der Waals surface area contributed by atoms with Gasteiger partial charge in [0.05, 0.1) is 40.1 Å². The number of thiazole rings is 1. The highest BCUT2D eigenvalue weighted by molar-refractivity contribution is 7.88. The monoisotopic (exact) mass is 502 g/mol. The zero-order valence-electron chi connectivity index (χ0n) is 19.0. The second kappa shape index (κ2) is 9.08. The molecule has 0 aliphatic carbocycles. The quantitative estimate of drug-likeness (QED) is 0.542. The molecule has 10 nitrogen and oxygen atoms in total. The van der Waals surface area contributed by atoms with Gasteiger partial charge in [0.2, 0.25) is 15.9 Å². The minimum atomic E-state index is -3.18. The maximum Gasteiger partial charge on any atom is 0.220 e. The molecule has 0 saturated carbocycles. The molecule has 3 aromatic rings. The van der Waals surface area contributed by atoms with E-state index in [4.69, 9.17) is 4.74 Å². The van der Waals surface area contributed by atoms with Crippen molar-refractivity contribution in [3.63, 3.8) is 0 Å². The molecule has 2 unspecified atom stereocenters. The van der Waals surface area contributed by atoms with Gasteiger partial charge in [0.25, 0.3) is 0 Å². The smallest absolute Gasteiger partial charge is 0.220 e. The van der Waals surface area contributed by atoms with Gasteiger partial charge >= 0.3 is 0 Å². The van der Waals surface area contributed by atoms with Gasteiger partial charge in [-0.3, -0.25) is 9.78 Å². The Morgan fingerprint density at radius 1 is 1.15 bits per heavy atom. The SMILES string of the molecule is CC(Oc1cc(-c2cnc(N3CCN(S(C)(=O)=O)CC3)cn2)cc2ncsc12)C1CNC(=O)C1. The van der Waals surface area contributed by atoms with Crippen molar-refractivity contribution in [2.75, 3.05) is 43.9 Å². The van der Waals surface area contributed by atoms with Crippen LogP contribution in [0.15, 0.2) is 30.0 Å². The summed E-state index contributed by atoms with van der Waals surface area (Å²) in [5.41, 5.74) is 4.16. The van der Waals surface area contributed by atoms with Crippen LogP contribution in [0, 0.1) is 5.92 Å². The number of aromatic nitrogens is 3. The van der Waals surface area contributed by atoms with Crippen LogP contribution in [0.5, 0.6) is 5.75 Å². The molecule has 1 N–H and O–H groups in total. The van der Waals surface area contributed by atoms with E-state index in [1.54, 1.807) is 17.9 Å². The van der Waals surface area contributed by atoms with Gasteiger partial charge < -0.3 is 15.0 Å². The molecule has 180 valence electrons. The molecule has 5 rings (SSSR count). The number of benzene rings is 1. The van der Waals surface area contributed by atoms with E-state index in [9.17, 15) is 13.2 Å². The molecule has 1 amide bonds. The van der Waals surface area contributed by atoms with Crippen molar-refractivity contribution < 1.29 is 17.9 Å². The van der Waals surface area contributed by atoms with Crippen molar-refractivity contribution in [2.45, 2.75) is 19.4 Å². The Bertz CT molecular complexity index is 1300. The summed E-state index contributed by atoms with van der Waals surface area (Å²) in [6.45, 7) is 4.62. The maximum absolute atomic E-state index is 11.7.